The minimum absolute atomic E-state index is 0.864. The van der Waals surface area contributed by atoms with Gasteiger partial charge in [0.2, 0.25) is 0 Å². The van der Waals surface area contributed by atoms with Crippen molar-refractivity contribution in [3.63, 3.8) is 0 Å². The number of fused-ring (bicyclic) bond motifs is 1. The normalized spacial score (nSPS) is 11.9. The lowest BCUT2D eigenvalue weighted by Crippen LogP contribution is -2.33. The number of methoxy groups -OCH3 is 3. The monoisotopic (exact) mass is 232 g/mol. The van der Waals surface area contributed by atoms with Crippen molar-refractivity contribution in [1.29, 1.82) is 0 Å². The van der Waals surface area contributed by atoms with E-state index in [1.807, 2.05) is 42.5 Å². The maximum atomic E-state index is 5.39. The van der Waals surface area contributed by atoms with Gasteiger partial charge in [-0.3, -0.25) is 0 Å². The third-order valence-electron chi connectivity index (χ3n) is 2.93. The number of hydrogen-bond donors (Lipinski definition) is 0. The first-order valence-corrected chi connectivity index (χ1v) is 5.41. The third-order valence-corrected chi connectivity index (χ3v) is 2.93. The highest BCUT2D eigenvalue weighted by molar-refractivity contribution is 5.86. The maximum absolute atomic E-state index is 5.39. The van der Waals surface area contributed by atoms with Gasteiger partial charge in [-0.2, -0.15) is 0 Å². The number of rotatable bonds is 4. The molecule has 0 unspecified atom stereocenters. The van der Waals surface area contributed by atoms with Crippen LogP contribution in [0.1, 0.15) is 5.56 Å². The van der Waals surface area contributed by atoms with Crippen LogP contribution in [-0.2, 0) is 20.2 Å². The SMILES string of the molecule is COC(OC)(OC)c1cccc2ccccc12. The first-order chi connectivity index (χ1) is 8.27. The van der Waals surface area contributed by atoms with Crippen molar-refractivity contribution >= 4 is 10.8 Å². The number of ether oxygens (including phenoxy) is 3. The van der Waals surface area contributed by atoms with E-state index in [1.165, 1.54) is 0 Å². The second kappa shape index (κ2) is 4.84. The second-order valence-corrected chi connectivity index (χ2v) is 3.70. The molecular weight excluding hydrogens is 216 g/mol. The fourth-order valence-corrected chi connectivity index (χ4v) is 2.07. The lowest BCUT2D eigenvalue weighted by molar-refractivity contribution is -0.363. The average Bonchev–Trinajstić information content (AvgIpc) is 2.41. The van der Waals surface area contributed by atoms with Crippen LogP contribution in [0.4, 0.5) is 0 Å². The van der Waals surface area contributed by atoms with Crippen molar-refractivity contribution in [3.05, 3.63) is 48.0 Å². The lowest BCUT2D eigenvalue weighted by Gasteiger charge is -2.29. The Morgan fingerprint density at radius 1 is 0.765 bits per heavy atom. The van der Waals surface area contributed by atoms with Crippen LogP contribution in [0.3, 0.4) is 0 Å². The Morgan fingerprint density at radius 3 is 2.00 bits per heavy atom. The third kappa shape index (κ3) is 1.93. The van der Waals surface area contributed by atoms with Gasteiger partial charge in [-0.25, -0.2) is 0 Å². The zero-order valence-electron chi connectivity index (χ0n) is 10.3. The summed E-state index contributed by atoms with van der Waals surface area (Å²) in [5.41, 5.74) is 0.864. The maximum Gasteiger partial charge on any atom is 0.311 e. The highest BCUT2D eigenvalue weighted by Gasteiger charge is 2.33. The molecule has 0 heterocycles. The van der Waals surface area contributed by atoms with Gasteiger partial charge in [0.05, 0.1) is 0 Å². The Labute approximate surface area is 101 Å². The van der Waals surface area contributed by atoms with Gasteiger partial charge in [0.1, 0.15) is 0 Å². The van der Waals surface area contributed by atoms with Gasteiger partial charge in [-0.15, -0.1) is 0 Å². The zero-order valence-corrected chi connectivity index (χ0v) is 10.3. The highest BCUT2D eigenvalue weighted by Crippen LogP contribution is 2.32. The Bertz CT molecular complexity index is 490. The molecule has 0 saturated carbocycles. The molecule has 2 rings (SSSR count). The van der Waals surface area contributed by atoms with E-state index in [0.717, 1.165) is 16.3 Å². The van der Waals surface area contributed by atoms with Crippen molar-refractivity contribution < 1.29 is 14.2 Å². The van der Waals surface area contributed by atoms with E-state index < -0.39 is 5.97 Å². The van der Waals surface area contributed by atoms with Gasteiger partial charge in [0.25, 0.3) is 0 Å². The summed E-state index contributed by atoms with van der Waals surface area (Å²) in [5, 5.41) is 2.18. The number of benzene rings is 2. The Hall–Kier alpha value is -1.42. The molecule has 0 aliphatic heterocycles. The van der Waals surface area contributed by atoms with E-state index in [4.69, 9.17) is 14.2 Å². The molecule has 2 aromatic rings. The van der Waals surface area contributed by atoms with Crippen LogP contribution in [0.5, 0.6) is 0 Å². The molecule has 0 aromatic heterocycles. The molecular formula is C14H16O3. The van der Waals surface area contributed by atoms with Gasteiger partial charge in [-0.05, 0) is 10.8 Å². The summed E-state index contributed by atoms with van der Waals surface area (Å²) in [5.74, 6) is -1.15. The van der Waals surface area contributed by atoms with E-state index in [0.29, 0.717) is 0 Å². The van der Waals surface area contributed by atoms with Gasteiger partial charge in [0, 0.05) is 26.9 Å². The molecule has 0 saturated heterocycles. The van der Waals surface area contributed by atoms with Crippen molar-refractivity contribution in [2.75, 3.05) is 21.3 Å². The predicted octanol–water partition coefficient (Wildman–Crippen LogP) is 2.89. The Morgan fingerprint density at radius 2 is 1.35 bits per heavy atom. The van der Waals surface area contributed by atoms with E-state index in [9.17, 15) is 0 Å². The standard InChI is InChI=1S/C14H16O3/c1-15-14(16-2,17-3)13-10-6-8-11-7-4-5-9-12(11)13/h4-10H,1-3H3. The second-order valence-electron chi connectivity index (χ2n) is 3.70. The summed E-state index contributed by atoms with van der Waals surface area (Å²) < 4.78 is 16.2. The molecule has 0 atom stereocenters. The predicted molar refractivity (Wildman–Crippen MR) is 66.7 cm³/mol. The molecule has 2 aromatic carbocycles. The van der Waals surface area contributed by atoms with E-state index >= 15 is 0 Å². The first-order valence-electron chi connectivity index (χ1n) is 5.41. The summed E-state index contributed by atoms with van der Waals surface area (Å²) in [7, 11) is 4.69. The molecule has 3 heteroatoms. The molecule has 0 aliphatic carbocycles. The molecule has 0 fully saturated rings. The molecule has 3 nitrogen and oxygen atoms in total. The van der Waals surface area contributed by atoms with Crippen LogP contribution in [0.15, 0.2) is 42.5 Å². The largest absolute Gasteiger partial charge is 0.327 e. The van der Waals surface area contributed by atoms with Gasteiger partial charge < -0.3 is 14.2 Å². The fraction of sp³-hybridized carbons (Fsp3) is 0.286. The van der Waals surface area contributed by atoms with Crippen molar-refractivity contribution in [2.45, 2.75) is 5.97 Å². The van der Waals surface area contributed by atoms with Crippen LogP contribution < -0.4 is 0 Å². The summed E-state index contributed by atoms with van der Waals surface area (Å²) in [6.45, 7) is 0. The molecule has 0 radical (unpaired) electrons. The highest BCUT2D eigenvalue weighted by atomic mass is 16.9. The average molecular weight is 232 g/mol. The van der Waals surface area contributed by atoms with Crippen LogP contribution in [0, 0.1) is 0 Å². The zero-order chi connectivity index (χ0) is 12.3. The molecule has 0 bridgehead atoms. The van der Waals surface area contributed by atoms with Crippen LogP contribution in [-0.4, -0.2) is 21.3 Å². The first kappa shape index (κ1) is 12.0. The van der Waals surface area contributed by atoms with E-state index in [1.54, 1.807) is 21.3 Å². The van der Waals surface area contributed by atoms with Crippen molar-refractivity contribution in [1.82, 2.24) is 0 Å². The van der Waals surface area contributed by atoms with Crippen molar-refractivity contribution in [3.8, 4) is 0 Å². The quantitative estimate of drug-likeness (QED) is 0.759. The minimum atomic E-state index is -1.15. The van der Waals surface area contributed by atoms with E-state index in [-0.39, 0.29) is 0 Å². The van der Waals surface area contributed by atoms with Gasteiger partial charge in [-0.1, -0.05) is 42.5 Å². The topological polar surface area (TPSA) is 27.7 Å². The van der Waals surface area contributed by atoms with Crippen LogP contribution in [0.25, 0.3) is 10.8 Å². The summed E-state index contributed by atoms with van der Waals surface area (Å²) in [4.78, 5) is 0. The molecule has 17 heavy (non-hydrogen) atoms. The van der Waals surface area contributed by atoms with Gasteiger partial charge >= 0.3 is 5.97 Å². The van der Waals surface area contributed by atoms with Crippen LogP contribution in [0.2, 0.25) is 0 Å². The van der Waals surface area contributed by atoms with Gasteiger partial charge in [0.15, 0.2) is 0 Å². The molecule has 0 spiro atoms. The lowest BCUT2D eigenvalue weighted by atomic mass is 10.0. The Balaban J connectivity index is 2.69. The summed E-state index contributed by atoms with van der Waals surface area (Å²) in [6.07, 6.45) is 0. The molecule has 0 aliphatic rings. The van der Waals surface area contributed by atoms with Crippen molar-refractivity contribution in [2.24, 2.45) is 0 Å². The molecule has 0 amide bonds. The fourth-order valence-electron chi connectivity index (χ4n) is 2.07. The van der Waals surface area contributed by atoms with Crippen LogP contribution >= 0.6 is 0 Å². The molecule has 0 N–H and O–H groups in total. The summed E-state index contributed by atoms with van der Waals surface area (Å²) >= 11 is 0. The van der Waals surface area contributed by atoms with E-state index in [2.05, 4.69) is 0 Å². The smallest absolute Gasteiger partial charge is 0.311 e. The molecule has 90 valence electrons. The minimum Gasteiger partial charge on any atom is -0.327 e. The number of hydrogen-bond acceptors (Lipinski definition) is 3. The Kier molecular flexibility index (Phi) is 3.43. The summed E-state index contributed by atoms with van der Waals surface area (Å²) in [6, 6.07) is 14.0.